The molecule has 1 rings (SSSR count). The van der Waals surface area contributed by atoms with Crippen LogP contribution < -0.4 is 5.32 Å². The second-order valence-electron chi connectivity index (χ2n) is 6.97. The summed E-state index contributed by atoms with van der Waals surface area (Å²) in [6, 6.07) is 0.311. The van der Waals surface area contributed by atoms with Crippen LogP contribution in [-0.2, 0) is 9.53 Å². The summed E-state index contributed by atoms with van der Waals surface area (Å²) >= 11 is 0. The van der Waals surface area contributed by atoms with Crippen molar-refractivity contribution in [1.29, 1.82) is 5.26 Å². The Morgan fingerprint density at radius 2 is 2.09 bits per heavy atom. The summed E-state index contributed by atoms with van der Waals surface area (Å²) in [4.78, 5) is 26.1. The Bertz CT molecular complexity index is 481. The molecule has 0 bridgehead atoms. The van der Waals surface area contributed by atoms with Crippen LogP contribution in [0.5, 0.6) is 0 Å². The molecule has 0 spiro atoms. The van der Waals surface area contributed by atoms with Gasteiger partial charge in [0, 0.05) is 6.54 Å². The first-order chi connectivity index (χ1) is 10.6. The van der Waals surface area contributed by atoms with Gasteiger partial charge >= 0.3 is 6.09 Å². The molecule has 1 aliphatic heterocycles. The Kier molecular flexibility index (Phi) is 6.39. The molecule has 2 N–H and O–H groups in total. The van der Waals surface area contributed by atoms with Gasteiger partial charge in [0.25, 0.3) is 0 Å². The number of rotatable bonds is 4. The number of aliphatic hydroxyl groups excluding tert-OH is 1. The highest BCUT2D eigenvalue weighted by Crippen LogP contribution is 2.21. The van der Waals surface area contributed by atoms with E-state index in [2.05, 4.69) is 5.32 Å². The molecular formula is C16H27N3O4. The van der Waals surface area contributed by atoms with Crippen molar-refractivity contribution in [3.63, 3.8) is 0 Å². The largest absolute Gasteiger partial charge is 0.444 e. The van der Waals surface area contributed by atoms with E-state index in [0.29, 0.717) is 19.4 Å². The van der Waals surface area contributed by atoms with Crippen molar-refractivity contribution >= 4 is 12.0 Å². The van der Waals surface area contributed by atoms with E-state index in [9.17, 15) is 14.7 Å². The highest BCUT2D eigenvalue weighted by atomic mass is 16.6. The van der Waals surface area contributed by atoms with Crippen LogP contribution in [0.1, 0.15) is 47.5 Å². The molecule has 23 heavy (non-hydrogen) atoms. The Morgan fingerprint density at radius 1 is 1.48 bits per heavy atom. The van der Waals surface area contributed by atoms with Crippen molar-refractivity contribution in [2.45, 2.75) is 71.2 Å². The number of likely N-dealkylation sites (tertiary alicyclic amines) is 1. The maximum Gasteiger partial charge on any atom is 0.408 e. The fourth-order valence-corrected chi connectivity index (χ4v) is 2.48. The molecule has 0 radical (unpaired) electrons. The van der Waals surface area contributed by atoms with Gasteiger partial charge in [0.2, 0.25) is 5.91 Å². The van der Waals surface area contributed by atoms with Crippen LogP contribution in [0.25, 0.3) is 0 Å². The molecule has 4 atom stereocenters. The van der Waals surface area contributed by atoms with Crippen molar-refractivity contribution in [2.75, 3.05) is 6.54 Å². The number of carbonyl (C=O) groups is 2. The minimum atomic E-state index is -0.866. The van der Waals surface area contributed by atoms with E-state index in [4.69, 9.17) is 10.00 Å². The summed E-state index contributed by atoms with van der Waals surface area (Å²) in [6.45, 7) is 9.32. The van der Waals surface area contributed by atoms with Crippen molar-refractivity contribution in [1.82, 2.24) is 10.2 Å². The van der Waals surface area contributed by atoms with Crippen LogP contribution in [0.2, 0.25) is 0 Å². The first kappa shape index (κ1) is 19.2. The molecule has 1 heterocycles. The quantitative estimate of drug-likeness (QED) is 0.813. The van der Waals surface area contributed by atoms with E-state index in [0.717, 1.165) is 0 Å². The maximum absolute atomic E-state index is 12.8. The lowest BCUT2D eigenvalue weighted by atomic mass is 9.97. The van der Waals surface area contributed by atoms with Gasteiger partial charge in [-0.2, -0.15) is 5.26 Å². The lowest BCUT2D eigenvalue weighted by molar-refractivity contribution is -0.135. The smallest absolute Gasteiger partial charge is 0.408 e. The van der Waals surface area contributed by atoms with E-state index in [1.807, 2.05) is 19.9 Å². The number of nitrogens with zero attached hydrogens (tertiary/aromatic N) is 2. The van der Waals surface area contributed by atoms with E-state index in [1.54, 1.807) is 20.8 Å². The molecule has 130 valence electrons. The average molecular weight is 325 g/mol. The van der Waals surface area contributed by atoms with Gasteiger partial charge in [-0.05, 0) is 33.1 Å². The molecule has 1 aliphatic rings. The van der Waals surface area contributed by atoms with Gasteiger partial charge in [-0.25, -0.2) is 4.79 Å². The number of hydrogen-bond acceptors (Lipinski definition) is 5. The molecule has 0 saturated carbocycles. The standard InChI is InChI=1S/C16H27N3O4/c1-6-10(2)13(18-15(22)23-16(3,4)5)14(21)19-8-7-12(20)11(19)9-17/h10-13,20H,6-8H2,1-5H3,(H,18,22)/t10-,11-,12-,13-/m0/s1. The number of aliphatic hydroxyl groups is 1. The molecule has 0 aromatic carbocycles. The van der Waals surface area contributed by atoms with E-state index in [-0.39, 0.29) is 11.8 Å². The number of nitrogens with one attached hydrogen (secondary N) is 1. The maximum atomic E-state index is 12.8. The van der Waals surface area contributed by atoms with Gasteiger partial charge in [0.15, 0.2) is 0 Å². The molecular weight excluding hydrogens is 298 g/mol. The van der Waals surface area contributed by atoms with Crippen LogP contribution in [0.3, 0.4) is 0 Å². The number of amides is 2. The molecule has 0 aromatic heterocycles. The Labute approximate surface area is 137 Å². The Morgan fingerprint density at radius 3 is 2.57 bits per heavy atom. The minimum absolute atomic E-state index is 0.118. The van der Waals surface area contributed by atoms with Crippen LogP contribution in [-0.4, -0.2) is 52.3 Å². The van der Waals surface area contributed by atoms with E-state index >= 15 is 0 Å². The zero-order valence-electron chi connectivity index (χ0n) is 14.5. The first-order valence-electron chi connectivity index (χ1n) is 7.98. The molecule has 1 saturated heterocycles. The molecule has 1 fully saturated rings. The van der Waals surface area contributed by atoms with Crippen molar-refractivity contribution in [2.24, 2.45) is 5.92 Å². The van der Waals surface area contributed by atoms with Crippen LogP contribution in [0.15, 0.2) is 0 Å². The fraction of sp³-hybridized carbons (Fsp3) is 0.812. The van der Waals surface area contributed by atoms with Crippen LogP contribution in [0, 0.1) is 17.2 Å². The number of ether oxygens (including phenoxy) is 1. The van der Waals surface area contributed by atoms with Crippen molar-refractivity contribution < 1.29 is 19.4 Å². The zero-order valence-corrected chi connectivity index (χ0v) is 14.5. The summed E-state index contributed by atoms with van der Waals surface area (Å²) < 4.78 is 5.21. The highest BCUT2D eigenvalue weighted by molar-refractivity contribution is 5.86. The minimum Gasteiger partial charge on any atom is -0.444 e. The third-order valence-electron chi connectivity index (χ3n) is 3.93. The van der Waals surface area contributed by atoms with Gasteiger partial charge < -0.3 is 20.1 Å². The highest BCUT2D eigenvalue weighted by Gasteiger charge is 2.40. The third-order valence-corrected chi connectivity index (χ3v) is 3.93. The Balaban J connectivity index is 2.88. The van der Waals surface area contributed by atoms with Crippen LogP contribution >= 0.6 is 0 Å². The molecule has 0 unspecified atom stereocenters. The van der Waals surface area contributed by atoms with Gasteiger partial charge in [0.05, 0.1) is 12.2 Å². The third kappa shape index (κ3) is 5.10. The molecule has 0 aromatic rings. The van der Waals surface area contributed by atoms with Gasteiger partial charge in [0.1, 0.15) is 17.7 Å². The summed E-state index contributed by atoms with van der Waals surface area (Å²) in [5.41, 5.74) is -0.661. The van der Waals surface area contributed by atoms with Gasteiger partial charge in [-0.3, -0.25) is 4.79 Å². The average Bonchev–Trinajstić information content (AvgIpc) is 2.82. The molecule has 0 aliphatic carbocycles. The van der Waals surface area contributed by atoms with Crippen molar-refractivity contribution in [3.05, 3.63) is 0 Å². The van der Waals surface area contributed by atoms with E-state index < -0.39 is 29.9 Å². The second-order valence-corrected chi connectivity index (χ2v) is 6.97. The number of hydrogen-bond donors (Lipinski definition) is 2. The fourth-order valence-electron chi connectivity index (χ4n) is 2.48. The van der Waals surface area contributed by atoms with Gasteiger partial charge in [-0.1, -0.05) is 20.3 Å². The number of carbonyl (C=O) groups excluding carboxylic acids is 2. The summed E-state index contributed by atoms with van der Waals surface area (Å²) in [6.07, 6.45) is -0.462. The number of alkyl carbamates (subject to hydrolysis) is 1. The normalized spacial score (nSPS) is 23.8. The SMILES string of the molecule is CC[C@H](C)[C@H](NC(=O)OC(C)(C)C)C(=O)N1CC[C@H](O)[C@@H]1C#N. The first-order valence-corrected chi connectivity index (χ1v) is 7.98. The molecule has 2 amide bonds. The summed E-state index contributed by atoms with van der Waals surface area (Å²) in [5, 5.41) is 21.6. The van der Waals surface area contributed by atoms with E-state index in [1.165, 1.54) is 4.90 Å². The predicted octanol–water partition coefficient (Wildman–Crippen LogP) is 1.41. The lowest BCUT2D eigenvalue weighted by Crippen LogP contribution is -2.54. The van der Waals surface area contributed by atoms with Crippen LogP contribution in [0.4, 0.5) is 4.79 Å². The molecule has 7 heteroatoms. The van der Waals surface area contributed by atoms with Crippen molar-refractivity contribution in [3.8, 4) is 6.07 Å². The zero-order chi connectivity index (χ0) is 17.8. The summed E-state index contributed by atoms with van der Waals surface area (Å²) in [5.74, 6) is -0.472. The van der Waals surface area contributed by atoms with Gasteiger partial charge in [-0.15, -0.1) is 0 Å². The Hall–Kier alpha value is -1.81. The monoisotopic (exact) mass is 325 g/mol. The molecule has 7 nitrogen and oxygen atoms in total. The predicted molar refractivity (Wildman–Crippen MR) is 84.4 cm³/mol. The lowest BCUT2D eigenvalue weighted by Gasteiger charge is -2.30. The summed E-state index contributed by atoms with van der Waals surface area (Å²) in [7, 11) is 0. The number of nitriles is 1. The second kappa shape index (κ2) is 7.64. The topological polar surface area (TPSA) is 103 Å².